The Bertz CT molecular complexity index is 1480. The number of nitrogens with one attached hydrogen (secondary N) is 2. The topological polar surface area (TPSA) is 117 Å². The van der Waals surface area contributed by atoms with E-state index in [2.05, 4.69) is 20.5 Å². The first kappa shape index (κ1) is 28.6. The summed E-state index contributed by atoms with van der Waals surface area (Å²) in [7, 11) is -4.04. The van der Waals surface area contributed by atoms with E-state index in [4.69, 9.17) is 16.3 Å². The lowest BCUT2D eigenvalue weighted by atomic mass is 10.2. The monoisotopic (exact) mass is 585 g/mol. The number of benzene rings is 3. The van der Waals surface area contributed by atoms with Crippen LogP contribution >= 0.6 is 23.4 Å². The molecule has 4 rings (SSSR count). The lowest BCUT2D eigenvalue weighted by molar-refractivity contribution is -0.121. The van der Waals surface area contributed by atoms with Gasteiger partial charge in [0.25, 0.3) is 0 Å². The summed E-state index contributed by atoms with van der Waals surface area (Å²) >= 11 is 7.64. The average molecular weight is 586 g/mol. The highest BCUT2D eigenvalue weighted by molar-refractivity contribution is 7.99. The number of hydrogen-bond acceptors (Lipinski definition) is 7. The van der Waals surface area contributed by atoms with Crippen LogP contribution in [-0.4, -0.2) is 59.3 Å². The summed E-state index contributed by atoms with van der Waals surface area (Å²) in [5.41, 5.74) is 1.68. The van der Waals surface area contributed by atoms with Gasteiger partial charge < -0.3 is 10.1 Å². The Labute approximate surface area is 237 Å². The predicted octanol–water partition coefficient (Wildman–Crippen LogP) is 4.62. The Hall–Kier alpha value is -3.38. The van der Waals surface area contributed by atoms with Crippen LogP contribution in [0.2, 0.25) is 5.02 Å². The fourth-order valence-corrected chi connectivity index (χ4v) is 6.03. The van der Waals surface area contributed by atoms with Crippen LogP contribution in [0.3, 0.4) is 0 Å². The van der Waals surface area contributed by atoms with Crippen molar-refractivity contribution in [3.63, 3.8) is 0 Å². The molecule has 0 saturated carbocycles. The fraction of sp³-hybridized carbons (Fsp3) is 0.222. The molecule has 1 heterocycles. The zero-order valence-corrected chi connectivity index (χ0v) is 23.6. The van der Waals surface area contributed by atoms with E-state index in [0.29, 0.717) is 35.6 Å². The number of halogens is 1. The summed E-state index contributed by atoms with van der Waals surface area (Å²) in [6.45, 7) is 2.19. The van der Waals surface area contributed by atoms with Gasteiger partial charge in [-0.1, -0.05) is 84.0 Å². The maximum Gasteiger partial charge on any atom is 0.243 e. The second-order valence-electron chi connectivity index (χ2n) is 8.31. The number of amides is 1. The number of rotatable bonds is 13. The summed E-state index contributed by atoms with van der Waals surface area (Å²) in [5, 5.41) is 10.6. The van der Waals surface area contributed by atoms with E-state index < -0.39 is 15.9 Å². The predicted molar refractivity (Wildman–Crippen MR) is 152 cm³/mol. The largest absolute Gasteiger partial charge is 0.492 e. The van der Waals surface area contributed by atoms with Crippen LogP contribution in [0.5, 0.6) is 5.75 Å². The maximum absolute atomic E-state index is 13.6. The summed E-state index contributed by atoms with van der Waals surface area (Å²) in [6, 6.07) is 23.0. The van der Waals surface area contributed by atoms with E-state index in [1.807, 2.05) is 67.6 Å². The van der Waals surface area contributed by atoms with Gasteiger partial charge in [0.1, 0.15) is 5.75 Å². The molecular weight excluding hydrogens is 558 g/mol. The van der Waals surface area contributed by atoms with Gasteiger partial charge in [-0.25, -0.2) is 13.4 Å². The van der Waals surface area contributed by atoms with Crippen LogP contribution in [0.4, 0.5) is 0 Å². The van der Waals surface area contributed by atoms with Crippen LogP contribution in [0.25, 0.3) is 11.4 Å². The molecule has 0 spiro atoms. The molecule has 9 nitrogen and oxygen atoms in total. The van der Waals surface area contributed by atoms with Gasteiger partial charge in [0.15, 0.2) is 5.82 Å². The minimum absolute atomic E-state index is 0.0194. The van der Waals surface area contributed by atoms with Gasteiger partial charge >= 0.3 is 0 Å². The number of carbonyl (C=O) groups is 1. The molecule has 0 fully saturated rings. The highest BCUT2D eigenvalue weighted by atomic mass is 35.5. The number of aromatic amines is 1. The molecule has 0 aliphatic heterocycles. The molecule has 0 atom stereocenters. The second-order valence-corrected chi connectivity index (χ2v) is 11.7. The van der Waals surface area contributed by atoms with Crippen LogP contribution in [0, 0.1) is 0 Å². The lowest BCUT2D eigenvalue weighted by Gasteiger charge is -2.22. The molecule has 3 aromatic carbocycles. The number of H-pyrrole nitrogens is 1. The number of nitrogens with zero attached hydrogens (tertiary/aromatic N) is 3. The third-order valence-corrected chi connectivity index (χ3v) is 8.46. The van der Waals surface area contributed by atoms with Gasteiger partial charge in [-0.15, -0.1) is 5.10 Å². The van der Waals surface area contributed by atoms with Crippen molar-refractivity contribution in [2.24, 2.45) is 0 Å². The quantitative estimate of drug-likeness (QED) is 0.174. The molecule has 39 heavy (non-hydrogen) atoms. The van der Waals surface area contributed by atoms with E-state index in [-0.39, 0.29) is 23.0 Å². The van der Waals surface area contributed by atoms with E-state index >= 15 is 0 Å². The van der Waals surface area contributed by atoms with Gasteiger partial charge in [0, 0.05) is 24.4 Å². The first-order valence-electron chi connectivity index (χ1n) is 12.2. The van der Waals surface area contributed by atoms with Crippen LogP contribution < -0.4 is 10.1 Å². The van der Waals surface area contributed by atoms with Crippen molar-refractivity contribution in [3.05, 3.63) is 89.4 Å². The molecule has 0 aliphatic carbocycles. The zero-order chi connectivity index (χ0) is 27.7. The van der Waals surface area contributed by atoms with Crippen LogP contribution in [-0.2, 0) is 21.4 Å². The highest BCUT2D eigenvalue weighted by Gasteiger charge is 2.27. The number of ether oxygens (including phenoxy) is 1. The molecule has 0 saturated heterocycles. The highest BCUT2D eigenvalue weighted by Crippen LogP contribution is 2.29. The van der Waals surface area contributed by atoms with Gasteiger partial charge in [-0.2, -0.15) is 4.31 Å². The smallest absolute Gasteiger partial charge is 0.243 e. The van der Waals surface area contributed by atoms with Crippen molar-refractivity contribution in [2.75, 3.05) is 25.4 Å². The second kappa shape index (κ2) is 13.6. The number of hydrogen-bond donors (Lipinski definition) is 2. The van der Waals surface area contributed by atoms with E-state index in [1.54, 1.807) is 0 Å². The Morgan fingerprint density at radius 2 is 1.79 bits per heavy atom. The first-order valence-corrected chi connectivity index (χ1v) is 15.0. The SMILES string of the molecule is CCOc1ccc(S(=O)(=O)N(CC(=O)NCCSc2n[nH]c(-c3ccccc3)n2)Cc2ccccc2)cc1Cl. The normalized spacial score (nSPS) is 11.5. The van der Waals surface area contributed by atoms with Crippen molar-refractivity contribution in [2.45, 2.75) is 23.5 Å². The molecule has 0 radical (unpaired) electrons. The van der Waals surface area contributed by atoms with Crippen molar-refractivity contribution >= 4 is 39.3 Å². The fourth-order valence-electron chi connectivity index (χ4n) is 3.66. The Morgan fingerprint density at radius 1 is 1.08 bits per heavy atom. The Morgan fingerprint density at radius 3 is 2.49 bits per heavy atom. The molecule has 204 valence electrons. The number of thioether (sulfide) groups is 1. The Balaban J connectivity index is 1.38. The third-order valence-electron chi connectivity index (χ3n) is 5.53. The average Bonchev–Trinajstić information content (AvgIpc) is 3.42. The van der Waals surface area contributed by atoms with E-state index in [9.17, 15) is 13.2 Å². The number of sulfonamides is 1. The summed E-state index contributed by atoms with van der Waals surface area (Å²) in [4.78, 5) is 17.3. The van der Waals surface area contributed by atoms with Gasteiger partial charge in [-0.05, 0) is 30.7 Å². The molecule has 1 aromatic heterocycles. The van der Waals surface area contributed by atoms with Crippen molar-refractivity contribution in [1.82, 2.24) is 24.8 Å². The van der Waals surface area contributed by atoms with Crippen LogP contribution in [0.1, 0.15) is 12.5 Å². The molecule has 0 unspecified atom stereocenters. The van der Waals surface area contributed by atoms with Crippen molar-refractivity contribution in [3.8, 4) is 17.1 Å². The molecule has 0 bridgehead atoms. The van der Waals surface area contributed by atoms with E-state index in [0.717, 1.165) is 15.4 Å². The minimum atomic E-state index is -4.04. The van der Waals surface area contributed by atoms with Gasteiger partial charge in [0.05, 0.1) is 23.1 Å². The van der Waals surface area contributed by atoms with Gasteiger partial charge in [0.2, 0.25) is 21.1 Å². The van der Waals surface area contributed by atoms with Crippen LogP contribution in [0.15, 0.2) is 88.9 Å². The molecule has 2 N–H and O–H groups in total. The third kappa shape index (κ3) is 7.82. The molecular formula is C27H28ClN5O4S2. The number of aromatic nitrogens is 3. The summed E-state index contributed by atoms with van der Waals surface area (Å²) < 4.78 is 33.7. The van der Waals surface area contributed by atoms with Crippen molar-refractivity contribution < 1.29 is 17.9 Å². The molecule has 12 heteroatoms. The first-order chi connectivity index (χ1) is 18.9. The minimum Gasteiger partial charge on any atom is -0.492 e. The van der Waals surface area contributed by atoms with Gasteiger partial charge in [-0.3, -0.25) is 9.89 Å². The molecule has 4 aromatic rings. The Kier molecular flexibility index (Phi) is 9.99. The van der Waals surface area contributed by atoms with E-state index in [1.165, 1.54) is 30.0 Å². The standard InChI is InChI=1S/C27H28ClN5O4S2/c1-2-37-24-14-13-22(17-23(24)28)39(35,36)33(18-20-9-5-3-6-10-20)19-25(34)29-15-16-38-27-30-26(31-32-27)21-11-7-4-8-12-21/h3-14,17H,2,15-16,18-19H2,1H3,(H,29,34)(H,30,31,32). The summed E-state index contributed by atoms with van der Waals surface area (Å²) in [5.74, 6) is 1.15. The summed E-state index contributed by atoms with van der Waals surface area (Å²) in [6.07, 6.45) is 0. The zero-order valence-electron chi connectivity index (χ0n) is 21.2. The molecule has 1 amide bonds. The molecule has 0 aliphatic rings. The number of carbonyl (C=O) groups excluding carboxylic acids is 1. The maximum atomic E-state index is 13.6. The lowest BCUT2D eigenvalue weighted by Crippen LogP contribution is -2.40. The van der Waals surface area contributed by atoms with Crippen molar-refractivity contribution in [1.29, 1.82) is 0 Å².